The third-order valence-electron chi connectivity index (χ3n) is 5.50. The minimum absolute atomic E-state index is 0. The molecule has 1 atom stereocenters. The molecule has 1 saturated heterocycles. The number of nitrogens with zero attached hydrogens (tertiary/aromatic N) is 2. The lowest BCUT2D eigenvalue weighted by Gasteiger charge is -2.30. The van der Waals surface area contributed by atoms with E-state index < -0.39 is 0 Å². The third-order valence-corrected chi connectivity index (χ3v) is 5.50. The summed E-state index contributed by atoms with van der Waals surface area (Å²) in [6.45, 7) is 5.20. The van der Waals surface area contributed by atoms with Crippen molar-refractivity contribution in [1.82, 2.24) is 9.80 Å². The first-order valence-corrected chi connectivity index (χ1v) is 9.52. The van der Waals surface area contributed by atoms with Crippen molar-refractivity contribution in [3.05, 3.63) is 71.3 Å². The van der Waals surface area contributed by atoms with Gasteiger partial charge in [-0.15, -0.1) is 0 Å². The van der Waals surface area contributed by atoms with E-state index in [0.29, 0.717) is 6.54 Å². The number of benzene rings is 2. The fourth-order valence-corrected chi connectivity index (χ4v) is 4.01. The lowest BCUT2D eigenvalue weighted by molar-refractivity contribution is -0.133. The molecule has 0 aromatic heterocycles. The Bertz CT molecular complexity index is 747. The Balaban J connectivity index is 0.00000210. The quantitative estimate of drug-likeness (QED) is 0.717. The predicted molar refractivity (Wildman–Crippen MR) is 102 cm³/mol. The van der Waals surface area contributed by atoms with Gasteiger partial charge in [0.25, 0.3) is 0 Å². The van der Waals surface area contributed by atoms with Crippen molar-refractivity contribution in [2.75, 3.05) is 45.9 Å². The monoisotopic (exact) mass is 385 g/mol. The Labute approximate surface area is 167 Å². The van der Waals surface area contributed by atoms with Crippen LogP contribution in [0.5, 0.6) is 0 Å². The van der Waals surface area contributed by atoms with E-state index >= 15 is 0 Å². The van der Waals surface area contributed by atoms with Crippen molar-refractivity contribution < 1.29 is 21.9 Å². The van der Waals surface area contributed by atoms with E-state index in [-0.39, 0.29) is 24.2 Å². The van der Waals surface area contributed by atoms with E-state index in [2.05, 4.69) is 58.3 Å². The van der Waals surface area contributed by atoms with Crippen molar-refractivity contribution >= 4 is 5.91 Å². The maximum atomic E-state index is 13.0. The predicted octanol–water partition coefficient (Wildman–Crippen LogP) is -0.461. The molecule has 0 aliphatic carbocycles. The molecule has 0 radical (unpaired) electrons. The molecular formula is C22H26ClN2O2-. The van der Waals surface area contributed by atoms with Gasteiger partial charge >= 0.3 is 0 Å². The van der Waals surface area contributed by atoms with Gasteiger partial charge in [-0.2, -0.15) is 0 Å². The Morgan fingerprint density at radius 1 is 0.963 bits per heavy atom. The van der Waals surface area contributed by atoms with Crippen molar-refractivity contribution in [1.29, 1.82) is 0 Å². The lowest BCUT2D eigenvalue weighted by atomic mass is 9.88. The van der Waals surface area contributed by atoms with E-state index in [1.165, 1.54) is 16.7 Å². The summed E-state index contributed by atoms with van der Waals surface area (Å²) in [5, 5.41) is 0. The second-order valence-corrected chi connectivity index (χ2v) is 7.14. The highest BCUT2D eigenvalue weighted by Crippen LogP contribution is 2.31. The fraction of sp³-hybridized carbons (Fsp3) is 0.409. The summed E-state index contributed by atoms with van der Waals surface area (Å²) in [6, 6.07) is 19.2. The van der Waals surface area contributed by atoms with Crippen LogP contribution in [-0.2, 0) is 16.0 Å². The van der Waals surface area contributed by atoms with Gasteiger partial charge in [0.05, 0.1) is 19.8 Å². The molecule has 2 aliphatic rings. The molecule has 2 aromatic rings. The number of amides is 1. The molecule has 2 aliphatic heterocycles. The van der Waals surface area contributed by atoms with Gasteiger partial charge in [0, 0.05) is 32.1 Å². The number of ether oxygens (including phenoxy) is 1. The molecular weight excluding hydrogens is 360 g/mol. The van der Waals surface area contributed by atoms with Gasteiger partial charge in [0.15, 0.2) is 0 Å². The maximum absolute atomic E-state index is 13.0. The molecule has 0 bridgehead atoms. The van der Waals surface area contributed by atoms with Gasteiger partial charge in [-0.3, -0.25) is 9.69 Å². The van der Waals surface area contributed by atoms with Crippen molar-refractivity contribution in [3.63, 3.8) is 0 Å². The summed E-state index contributed by atoms with van der Waals surface area (Å²) in [4.78, 5) is 17.3. The molecule has 1 fully saturated rings. The van der Waals surface area contributed by atoms with Crippen LogP contribution in [0.15, 0.2) is 54.6 Å². The second kappa shape index (κ2) is 9.36. The van der Waals surface area contributed by atoms with Crippen molar-refractivity contribution in [2.24, 2.45) is 0 Å². The normalized spacial score (nSPS) is 20.3. The van der Waals surface area contributed by atoms with Gasteiger partial charge in [-0.1, -0.05) is 54.6 Å². The van der Waals surface area contributed by atoms with E-state index in [0.717, 1.165) is 45.8 Å². The van der Waals surface area contributed by atoms with Crippen LogP contribution in [0, 0.1) is 0 Å². The molecule has 0 saturated carbocycles. The average molecular weight is 386 g/mol. The molecule has 2 aromatic carbocycles. The van der Waals surface area contributed by atoms with Crippen LogP contribution < -0.4 is 12.4 Å². The number of carbonyl (C=O) groups is 1. The van der Waals surface area contributed by atoms with E-state index in [1.54, 1.807) is 0 Å². The molecule has 27 heavy (non-hydrogen) atoms. The largest absolute Gasteiger partial charge is 1.00 e. The molecule has 144 valence electrons. The topological polar surface area (TPSA) is 32.8 Å². The molecule has 2 heterocycles. The van der Waals surface area contributed by atoms with Crippen LogP contribution >= 0.6 is 0 Å². The number of hydrogen-bond acceptors (Lipinski definition) is 3. The SMILES string of the molecule is O=C(CN1CCOCC1)N1CCc2ccccc2C(c2ccccc2)C1.[Cl-]. The lowest BCUT2D eigenvalue weighted by Crippen LogP contribution is -3.00. The van der Waals surface area contributed by atoms with Gasteiger partial charge in [-0.05, 0) is 23.1 Å². The zero-order valence-electron chi connectivity index (χ0n) is 15.5. The average Bonchev–Trinajstić information content (AvgIpc) is 2.89. The summed E-state index contributed by atoms with van der Waals surface area (Å²) >= 11 is 0. The Kier molecular flexibility index (Phi) is 6.89. The van der Waals surface area contributed by atoms with Gasteiger partial charge in [0.1, 0.15) is 0 Å². The second-order valence-electron chi connectivity index (χ2n) is 7.14. The van der Waals surface area contributed by atoms with E-state index in [9.17, 15) is 4.79 Å². The number of halogens is 1. The van der Waals surface area contributed by atoms with Gasteiger partial charge in [-0.25, -0.2) is 0 Å². The standard InChI is InChI=1S/C22H26N2O2.ClH/c25-22(17-23-12-14-26-15-13-23)24-11-10-19-8-4-5-9-20(19)21(16-24)18-6-2-1-3-7-18;/h1-9,21H,10-17H2;1H/p-1. The zero-order chi connectivity index (χ0) is 17.8. The molecule has 0 spiro atoms. The number of carbonyl (C=O) groups excluding carboxylic acids is 1. The van der Waals surface area contributed by atoms with Gasteiger partial charge < -0.3 is 22.0 Å². The Morgan fingerprint density at radius 2 is 1.67 bits per heavy atom. The van der Waals surface area contributed by atoms with Crippen molar-refractivity contribution in [2.45, 2.75) is 12.3 Å². The Morgan fingerprint density at radius 3 is 2.44 bits per heavy atom. The smallest absolute Gasteiger partial charge is 0.236 e. The minimum atomic E-state index is 0. The Hall–Kier alpha value is -1.88. The van der Waals surface area contributed by atoms with Crippen LogP contribution in [-0.4, -0.2) is 61.6 Å². The summed E-state index contributed by atoms with van der Waals surface area (Å²) in [5.41, 5.74) is 4.01. The van der Waals surface area contributed by atoms with Crippen LogP contribution in [0.25, 0.3) is 0 Å². The fourth-order valence-electron chi connectivity index (χ4n) is 4.01. The van der Waals surface area contributed by atoms with Crippen molar-refractivity contribution in [3.8, 4) is 0 Å². The number of rotatable bonds is 3. The van der Waals surface area contributed by atoms with Gasteiger partial charge in [0.2, 0.25) is 5.91 Å². The number of hydrogen-bond donors (Lipinski definition) is 0. The molecule has 1 amide bonds. The highest BCUT2D eigenvalue weighted by Gasteiger charge is 2.27. The first-order chi connectivity index (χ1) is 12.8. The van der Waals surface area contributed by atoms with Crippen LogP contribution in [0.3, 0.4) is 0 Å². The van der Waals surface area contributed by atoms with E-state index in [1.807, 2.05) is 6.07 Å². The number of morpholine rings is 1. The summed E-state index contributed by atoms with van der Waals surface area (Å²) in [6.07, 6.45) is 0.925. The highest BCUT2D eigenvalue weighted by molar-refractivity contribution is 5.78. The van der Waals surface area contributed by atoms with Crippen LogP contribution in [0.2, 0.25) is 0 Å². The maximum Gasteiger partial charge on any atom is 0.236 e. The zero-order valence-corrected chi connectivity index (χ0v) is 16.3. The minimum Gasteiger partial charge on any atom is -1.00 e. The first-order valence-electron chi connectivity index (χ1n) is 9.52. The van der Waals surface area contributed by atoms with Crippen LogP contribution in [0.1, 0.15) is 22.6 Å². The summed E-state index contributed by atoms with van der Waals surface area (Å²) in [7, 11) is 0. The number of fused-ring (bicyclic) bond motifs is 1. The first kappa shape index (κ1) is 19.9. The molecule has 0 N–H and O–H groups in total. The molecule has 5 heteroatoms. The molecule has 4 nitrogen and oxygen atoms in total. The van der Waals surface area contributed by atoms with Crippen LogP contribution in [0.4, 0.5) is 0 Å². The summed E-state index contributed by atoms with van der Waals surface area (Å²) < 4.78 is 5.40. The third kappa shape index (κ3) is 4.70. The molecule has 4 rings (SSSR count). The molecule has 1 unspecified atom stereocenters. The summed E-state index contributed by atoms with van der Waals surface area (Å²) in [5.74, 6) is 0.476. The highest BCUT2D eigenvalue weighted by atomic mass is 35.5. The van der Waals surface area contributed by atoms with E-state index in [4.69, 9.17) is 4.74 Å².